The molecule has 0 amide bonds. The van der Waals surface area contributed by atoms with E-state index in [1.807, 2.05) is 0 Å². The minimum Gasteiger partial charge on any atom is -0.368 e. The molecule has 0 fully saturated rings. The van der Waals surface area contributed by atoms with E-state index in [0.717, 1.165) is 0 Å². The molecule has 0 aliphatic rings. The molecule has 78 valence electrons. The number of hydrogen-bond donors (Lipinski definition) is 1. The van der Waals surface area contributed by atoms with Gasteiger partial charge in [0.05, 0.1) is 0 Å². The lowest BCUT2D eigenvalue weighted by molar-refractivity contribution is -0.135. The number of nitrogens with zero attached hydrogens (tertiary/aromatic N) is 2. The second kappa shape index (κ2) is 4.26. The van der Waals surface area contributed by atoms with Crippen LogP contribution in [0.5, 0.6) is 0 Å². The van der Waals surface area contributed by atoms with Gasteiger partial charge in [-0.15, -0.1) is 0 Å². The predicted octanol–water partition coefficient (Wildman–Crippen LogP) is 1.94. The number of alkyl halides is 3. The summed E-state index contributed by atoms with van der Waals surface area (Å²) in [4.78, 5) is 7.43. The minimum atomic E-state index is -4.10. The SMILES string of the molecule is Nc1nccc(CCCC(F)(F)F)n1. The first kappa shape index (κ1) is 10.7. The van der Waals surface area contributed by atoms with Crippen LogP contribution in [0.3, 0.4) is 0 Å². The lowest BCUT2D eigenvalue weighted by Crippen LogP contribution is -2.07. The molecule has 0 aliphatic heterocycles. The summed E-state index contributed by atoms with van der Waals surface area (Å²) >= 11 is 0. The summed E-state index contributed by atoms with van der Waals surface area (Å²) in [6.07, 6.45) is -3.16. The van der Waals surface area contributed by atoms with Crippen LogP contribution in [0.25, 0.3) is 0 Å². The Labute approximate surface area is 79.2 Å². The quantitative estimate of drug-likeness (QED) is 0.820. The fraction of sp³-hybridized carbons (Fsp3) is 0.500. The molecular weight excluding hydrogens is 195 g/mol. The number of nitrogens with two attached hydrogens (primary N) is 1. The molecule has 14 heavy (non-hydrogen) atoms. The third kappa shape index (κ3) is 4.06. The van der Waals surface area contributed by atoms with Gasteiger partial charge in [0, 0.05) is 18.3 Å². The van der Waals surface area contributed by atoms with Crippen molar-refractivity contribution in [3.63, 3.8) is 0 Å². The third-order valence-corrected chi connectivity index (χ3v) is 1.63. The molecule has 0 aromatic carbocycles. The van der Waals surface area contributed by atoms with E-state index >= 15 is 0 Å². The van der Waals surface area contributed by atoms with E-state index in [9.17, 15) is 13.2 Å². The van der Waals surface area contributed by atoms with E-state index in [1.165, 1.54) is 6.20 Å². The summed E-state index contributed by atoms with van der Waals surface area (Å²) in [6, 6.07) is 1.56. The lowest BCUT2D eigenvalue weighted by Gasteiger charge is -2.05. The van der Waals surface area contributed by atoms with Crippen molar-refractivity contribution in [2.75, 3.05) is 5.73 Å². The van der Waals surface area contributed by atoms with Crippen LogP contribution >= 0.6 is 0 Å². The number of nitrogen functional groups attached to an aromatic ring is 1. The number of aryl methyl sites for hydroxylation is 1. The zero-order valence-electron chi connectivity index (χ0n) is 7.38. The summed E-state index contributed by atoms with van der Waals surface area (Å²) < 4.78 is 35.3. The van der Waals surface area contributed by atoms with Gasteiger partial charge in [0.15, 0.2) is 0 Å². The Hall–Kier alpha value is -1.33. The van der Waals surface area contributed by atoms with Crippen molar-refractivity contribution in [3.05, 3.63) is 18.0 Å². The van der Waals surface area contributed by atoms with E-state index in [1.54, 1.807) is 6.07 Å². The molecule has 0 bridgehead atoms. The van der Waals surface area contributed by atoms with Gasteiger partial charge in [-0.25, -0.2) is 9.97 Å². The number of hydrogen-bond acceptors (Lipinski definition) is 3. The van der Waals surface area contributed by atoms with Crippen molar-refractivity contribution in [1.82, 2.24) is 9.97 Å². The highest BCUT2D eigenvalue weighted by molar-refractivity contribution is 5.17. The molecule has 0 saturated heterocycles. The molecule has 0 atom stereocenters. The van der Waals surface area contributed by atoms with Gasteiger partial charge in [-0.3, -0.25) is 0 Å². The maximum absolute atomic E-state index is 11.8. The van der Waals surface area contributed by atoms with Gasteiger partial charge < -0.3 is 5.73 Å². The first-order valence-electron chi connectivity index (χ1n) is 4.11. The van der Waals surface area contributed by atoms with E-state index in [0.29, 0.717) is 5.69 Å². The fourth-order valence-corrected chi connectivity index (χ4v) is 1.02. The largest absolute Gasteiger partial charge is 0.389 e. The third-order valence-electron chi connectivity index (χ3n) is 1.63. The molecular formula is C8H10F3N3. The van der Waals surface area contributed by atoms with Gasteiger partial charge in [0.2, 0.25) is 5.95 Å². The average Bonchev–Trinajstić information content (AvgIpc) is 2.01. The normalized spacial score (nSPS) is 11.6. The smallest absolute Gasteiger partial charge is 0.368 e. The Kier molecular flexibility index (Phi) is 3.27. The molecule has 0 unspecified atom stereocenters. The van der Waals surface area contributed by atoms with Crippen LogP contribution in [-0.4, -0.2) is 16.1 Å². The Morgan fingerprint density at radius 2 is 2.07 bits per heavy atom. The Bertz CT molecular complexity index is 298. The van der Waals surface area contributed by atoms with Crippen LogP contribution in [0, 0.1) is 0 Å². The zero-order valence-corrected chi connectivity index (χ0v) is 7.38. The summed E-state index contributed by atoms with van der Waals surface area (Å²) in [5.41, 5.74) is 5.81. The molecule has 1 aromatic heterocycles. The molecule has 2 N–H and O–H groups in total. The van der Waals surface area contributed by atoms with Crippen LogP contribution in [0.15, 0.2) is 12.3 Å². The van der Waals surface area contributed by atoms with Crippen molar-refractivity contribution in [1.29, 1.82) is 0 Å². The molecule has 3 nitrogen and oxygen atoms in total. The number of anilines is 1. The van der Waals surface area contributed by atoms with Gasteiger partial charge in [0.1, 0.15) is 0 Å². The highest BCUT2D eigenvalue weighted by atomic mass is 19.4. The first-order chi connectivity index (χ1) is 6.47. The molecule has 0 spiro atoms. The van der Waals surface area contributed by atoms with Gasteiger partial charge in [0.25, 0.3) is 0 Å². The molecule has 1 rings (SSSR count). The van der Waals surface area contributed by atoms with Crippen molar-refractivity contribution >= 4 is 5.95 Å². The molecule has 6 heteroatoms. The first-order valence-corrected chi connectivity index (χ1v) is 4.11. The van der Waals surface area contributed by atoms with Gasteiger partial charge in [-0.1, -0.05) is 0 Å². The number of halogens is 3. The Morgan fingerprint density at radius 1 is 1.36 bits per heavy atom. The standard InChI is InChI=1S/C8H10F3N3/c9-8(10,11)4-1-2-6-3-5-13-7(12)14-6/h3,5H,1-2,4H2,(H2,12,13,14). The van der Waals surface area contributed by atoms with E-state index in [2.05, 4.69) is 9.97 Å². The maximum atomic E-state index is 11.8. The van der Waals surface area contributed by atoms with Crippen molar-refractivity contribution < 1.29 is 13.2 Å². The highest BCUT2D eigenvalue weighted by Crippen LogP contribution is 2.22. The topological polar surface area (TPSA) is 51.8 Å². The van der Waals surface area contributed by atoms with E-state index in [4.69, 9.17) is 5.73 Å². The van der Waals surface area contributed by atoms with Crippen LogP contribution in [-0.2, 0) is 6.42 Å². The molecule has 1 heterocycles. The Balaban J connectivity index is 2.39. The van der Waals surface area contributed by atoms with Crippen LogP contribution in [0.4, 0.5) is 19.1 Å². The summed E-state index contributed by atoms with van der Waals surface area (Å²) in [5.74, 6) is 0.0921. The van der Waals surface area contributed by atoms with E-state index in [-0.39, 0.29) is 18.8 Å². The summed E-state index contributed by atoms with van der Waals surface area (Å²) in [5, 5.41) is 0. The van der Waals surface area contributed by atoms with Crippen molar-refractivity contribution in [2.45, 2.75) is 25.4 Å². The molecule has 1 aromatic rings. The van der Waals surface area contributed by atoms with Crippen LogP contribution < -0.4 is 5.73 Å². The summed E-state index contributed by atoms with van der Waals surface area (Å²) in [7, 11) is 0. The predicted molar refractivity (Wildman–Crippen MR) is 45.4 cm³/mol. The second-order valence-electron chi connectivity index (χ2n) is 2.87. The summed E-state index contributed by atoms with van der Waals surface area (Å²) in [6.45, 7) is 0. The van der Waals surface area contributed by atoms with E-state index < -0.39 is 12.6 Å². The zero-order chi connectivity index (χ0) is 10.6. The maximum Gasteiger partial charge on any atom is 0.389 e. The Morgan fingerprint density at radius 3 is 2.64 bits per heavy atom. The second-order valence-corrected chi connectivity index (χ2v) is 2.87. The fourth-order valence-electron chi connectivity index (χ4n) is 1.02. The molecule has 0 aliphatic carbocycles. The van der Waals surface area contributed by atoms with Crippen molar-refractivity contribution in [3.8, 4) is 0 Å². The molecule has 0 saturated carbocycles. The van der Waals surface area contributed by atoms with Crippen molar-refractivity contribution in [2.24, 2.45) is 0 Å². The molecule has 0 radical (unpaired) electrons. The number of aromatic nitrogens is 2. The van der Waals surface area contributed by atoms with Gasteiger partial charge in [-0.2, -0.15) is 13.2 Å². The van der Waals surface area contributed by atoms with Gasteiger partial charge in [-0.05, 0) is 18.9 Å². The lowest BCUT2D eigenvalue weighted by atomic mass is 10.2. The monoisotopic (exact) mass is 205 g/mol. The highest BCUT2D eigenvalue weighted by Gasteiger charge is 2.25. The van der Waals surface area contributed by atoms with Crippen LogP contribution in [0.2, 0.25) is 0 Å². The van der Waals surface area contributed by atoms with Crippen LogP contribution in [0.1, 0.15) is 18.5 Å². The minimum absolute atomic E-state index is 0.0277. The number of rotatable bonds is 3. The van der Waals surface area contributed by atoms with Gasteiger partial charge >= 0.3 is 6.18 Å². The average molecular weight is 205 g/mol.